The molecule has 0 N–H and O–H groups in total. The van der Waals surface area contributed by atoms with E-state index in [2.05, 4.69) is 170 Å². The average Bonchev–Trinajstić information content (AvgIpc) is 3.74. The molecule has 11 aromatic rings. The summed E-state index contributed by atoms with van der Waals surface area (Å²) in [6.07, 6.45) is 0. The van der Waals surface area contributed by atoms with Gasteiger partial charge in [-0.1, -0.05) is 127 Å². The van der Waals surface area contributed by atoms with E-state index < -0.39 is 0 Å². The second-order valence-corrected chi connectivity index (χ2v) is 13.2. The average molecular weight is 637 g/mol. The molecule has 0 saturated heterocycles. The van der Waals surface area contributed by atoms with Crippen molar-refractivity contribution in [3.8, 4) is 33.4 Å². The fourth-order valence-electron chi connectivity index (χ4n) is 8.19. The van der Waals surface area contributed by atoms with E-state index in [-0.39, 0.29) is 0 Å². The summed E-state index contributed by atoms with van der Waals surface area (Å²) >= 11 is 0. The molecule has 0 unspecified atom stereocenters. The molecular weight excluding hydrogens is 609 g/mol. The van der Waals surface area contributed by atoms with Gasteiger partial charge < -0.3 is 8.83 Å². The summed E-state index contributed by atoms with van der Waals surface area (Å²) in [6.45, 7) is 0. The van der Waals surface area contributed by atoms with Crippen LogP contribution in [-0.2, 0) is 0 Å². The predicted molar refractivity (Wildman–Crippen MR) is 210 cm³/mol. The van der Waals surface area contributed by atoms with Crippen LogP contribution in [0.3, 0.4) is 0 Å². The third-order valence-electron chi connectivity index (χ3n) is 10.4. The quantitative estimate of drug-likeness (QED) is 0.180. The van der Waals surface area contributed by atoms with Crippen molar-refractivity contribution in [3.05, 3.63) is 170 Å². The Kier molecular flexibility index (Phi) is 5.70. The van der Waals surface area contributed by atoms with Gasteiger partial charge in [0.05, 0.1) is 0 Å². The Labute approximate surface area is 287 Å². The second kappa shape index (κ2) is 10.4. The molecule has 0 amide bonds. The van der Waals surface area contributed by atoms with Crippen LogP contribution in [0.2, 0.25) is 0 Å². The molecule has 2 aromatic heterocycles. The molecule has 0 spiro atoms. The Hall–Kier alpha value is -6.64. The molecule has 0 aliphatic heterocycles. The SMILES string of the molecule is c1ccc(-c2c3ccccc3c(-c3ccc4c(c3)oc3cc(-c5ccc6oc7ccc8ccccc8c7c6c5)ccc34)c3ccccc23)cc1. The maximum atomic E-state index is 6.68. The highest BCUT2D eigenvalue weighted by atomic mass is 16.3. The van der Waals surface area contributed by atoms with E-state index in [1.54, 1.807) is 0 Å². The summed E-state index contributed by atoms with van der Waals surface area (Å²) in [5.74, 6) is 0. The van der Waals surface area contributed by atoms with Crippen molar-refractivity contribution in [2.45, 2.75) is 0 Å². The van der Waals surface area contributed by atoms with Crippen molar-refractivity contribution >= 4 is 76.2 Å². The van der Waals surface area contributed by atoms with Crippen LogP contribution in [0.25, 0.3) is 110 Å². The number of hydrogen-bond donors (Lipinski definition) is 0. The van der Waals surface area contributed by atoms with E-state index in [0.29, 0.717) is 0 Å². The molecule has 2 heteroatoms. The minimum Gasteiger partial charge on any atom is -0.456 e. The molecule has 232 valence electrons. The van der Waals surface area contributed by atoms with E-state index in [9.17, 15) is 0 Å². The van der Waals surface area contributed by atoms with Gasteiger partial charge in [0.15, 0.2) is 0 Å². The summed E-state index contributed by atoms with van der Waals surface area (Å²) in [6, 6.07) is 60.8. The van der Waals surface area contributed by atoms with Gasteiger partial charge in [-0.3, -0.25) is 0 Å². The smallest absolute Gasteiger partial charge is 0.136 e. The first-order chi connectivity index (χ1) is 24.8. The van der Waals surface area contributed by atoms with Gasteiger partial charge in [0.25, 0.3) is 0 Å². The maximum Gasteiger partial charge on any atom is 0.136 e. The van der Waals surface area contributed by atoms with Crippen LogP contribution in [-0.4, -0.2) is 0 Å². The third-order valence-corrected chi connectivity index (χ3v) is 10.4. The van der Waals surface area contributed by atoms with Crippen molar-refractivity contribution < 1.29 is 8.83 Å². The highest BCUT2D eigenvalue weighted by Gasteiger charge is 2.18. The summed E-state index contributed by atoms with van der Waals surface area (Å²) in [4.78, 5) is 0. The fourth-order valence-corrected chi connectivity index (χ4v) is 8.19. The molecule has 0 aliphatic carbocycles. The van der Waals surface area contributed by atoms with Crippen molar-refractivity contribution in [1.29, 1.82) is 0 Å². The molecule has 0 aliphatic rings. The van der Waals surface area contributed by atoms with Gasteiger partial charge in [0, 0.05) is 21.5 Å². The topological polar surface area (TPSA) is 26.3 Å². The molecule has 0 radical (unpaired) electrons. The minimum atomic E-state index is 0.881. The first-order valence-corrected chi connectivity index (χ1v) is 17.1. The lowest BCUT2D eigenvalue weighted by Gasteiger charge is -2.17. The van der Waals surface area contributed by atoms with Crippen LogP contribution in [0.1, 0.15) is 0 Å². The first kappa shape index (κ1) is 27.3. The van der Waals surface area contributed by atoms with Crippen LogP contribution in [0.5, 0.6) is 0 Å². The third kappa shape index (κ3) is 3.96. The Morgan fingerprint density at radius 2 is 0.760 bits per heavy atom. The number of fused-ring (bicyclic) bond motifs is 10. The molecule has 2 nitrogen and oxygen atoms in total. The number of rotatable bonds is 3. The Balaban J connectivity index is 1.08. The van der Waals surface area contributed by atoms with Crippen molar-refractivity contribution in [2.24, 2.45) is 0 Å². The monoisotopic (exact) mass is 636 g/mol. The standard InChI is InChI=1S/C48H28O2/c1-2-11-30(12-3-1)46-37-14-6-8-16-39(37)47(40-17-9-7-15-38(40)46)33-19-23-36-35-22-18-32(27-44(35)50-45(36)28-33)31-21-24-42-41(26-31)48-34-13-5-4-10-29(34)20-25-43(48)49-42/h1-28H. The Bertz CT molecular complexity index is 3080. The van der Waals surface area contributed by atoms with E-state index in [4.69, 9.17) is 8.83 Å². The second-order valence-electron chi connectivity index (χ2n) is 13.2. The van der Waals surface area contributed by atoms with Crippen molar-refractivity contribution in [2.75, 3.05) is 0 Å². The van der Waals surface area contributed by atoms with E-state index in [1.165, 1.54) is 49.0 Å². The molecule has 0 fully saturated rings. The molecule has 2 heterocycles. The lowest BCUT2D eigenvalue weighted by atomic mass is 9.86. The van der Waals surface area contributed by atoms with Crippen LogP contribution in [0.4, 0.5) is 0 Å². The highest BCUT2D eigenvalue weighted by molar-refractivity contribution is 6.22. The zero-order valence-electron chi connectivity index (χ0n) is 27.0. The van der Waals surface area contributed by atoms with Gasteiger partial charge >= 0.3 is 0 Å². The van der Waals surface area contributed by atoms with Gasteiger partial charge in [-0.15, -0.1) is 0 Å². The van der Waals surface area contributed by atoms with Gasteiger partial charge in [0.2, 0.25) is 0 Å². The van der Waals surface area contributed by atoms with Gasteiger partial charge in [-0.05, 0) is 108 Å². The number of benzene rings is 9. The first-order valence-electron chi connectivity index (χ1n) is 17.1. The van der Waals surface area contributed by atoms with Gasteiger partial charge in [-0.25, -0.2) is 0 Å². The van der Waals surface area contributed by atoms with Crippen molar-refractivity contribution in [3.63, 3.8) is 0 Å². The van der Waals surface area contributed by atoms with Gasteiger partial charge in [-0.2, -0.15) is 0 Å². The maximum absolute atomic E-state index is 6.68. The van der Waals surface area contributed by atoms with Crippen LogP contribution >= 0.6 is 0 Å². The summed E-state index contributed by atoms with van der Waals surface area (Å²) in [5, 5.41) is 11.9. The molecule has 50 heavy (non-hydrogen) atoms. The number of furan rings is 2. The fraction of sp³-hybridized carbons (Fsp3) is 0. The van der Waals surface area contributed by atoms with Crippen LogP contribution < -0.4 is 0 Å². The van der Waals surface area contributed by atoms with Crippen LogP contribution in [0.15, 0.2) is 179 Å². The molecule has 0 bridgehead atoms. The summed E-state index contributed by atoms with van der Waals surface area (Å²) < 4.78 is 12.9. The lowest BCUT2D eigenvalue weighted by molar-refractivity contribution is 0.669. The molecule has 9 aromatic carbocycles. The molecule has 0 saturated carbocycles. The molecule has 11 rings (SSSR count). The predicted octanol–water partition coefficient (Wildman–Crippen LogP) is 13.9. The van der Waals surface area contributed by atoms with Crippen LogP contribution in [0, 0.1) is 0 Å². The lowest BCUT2D eigenvalue weighted by Crippen LogP contribution is -1.90. The zero-order valence-corrected chi connectivity index (χ0v) is 27.0. The molecular formula is C48H28O2. The summed E-state index contributed by atoms with van der Waals surface area (Å²) in [5.41, 5.74) is 10.7. The Morgan fingerprint density at radius 3 is 1.46 bits per heavy atom. The van der Waals surface area contributed by atoms with E-state index in [1.807, 2.05) is 0 Å². The molecule has 0 atom stereocenters. The normalized spacial score (nSPS) is 12.0. The van der Waals surface area contributed by atoms with Crippen molar-refractivity contribution in [1.82, 2.24) is 0 Å². The minimum absolute atomic E-state index is 0.881. The van der Waals surface area contributed by atoms with Gasteiger partial charge in [0.1, 0.15) is 22.3 Å². The highest BCUT2D eigenvalue weighted by Crippen LogP contribution is 2.45. The summed E-state index contributed by atoms with van der Waals surface area (Å²) in [7, 11) is 0. The van der Waals surface area contributed by atoms with E-state index >= 15 is 0 Å². The van der Waals surface area contributed by atoms with E-state index in [0.717, 1.165) is 60.6 Å². The zero-order chi connectivity index (χ0) is 32.8. The largest absolute Gasteiger partial charge is 0.456 e. The Morgan fingerprint density at radius 1 is 0.260 bits per heavy atom. The number of hydrogen-bond acceptors (Lipinski definition) is 2.